The van der Waals surface area contributed by atoms with Gasteiger partial charge in [-0.2, -0.15) is 0 Å². The molecule has 0 heterocycles. The van der Waals surface area contributed by atoms with E-state index in [0.717, 1.165) is 47.5 Å². The highest BCUT2D eigenvalue weighted by molar-refractivity contribution is 7.92. The minimum absolute atomic E-state index is 0.0558. The number of anilines is 1. The first-order chi connectivity index (χ1) is 20.2. The van der Waals surface area contributed by atoms with Crippen molar-refractivity contribution in [1.82, 2.24) is 10.2 Å². The minimum atomic E-state index is -4.16. The Balaban J connectivity index is 1.68. The second-order valence-corrected chi connectivity index (χ2v) is 12.7. The largest absolute Gasteiger partial charge is 0.495 e. The Morgan fingerprint density at radius 1 is 0.952 bits per heavy atom. The number of methoxy groups -OCH3 is 1. The Bertz CT molecular complexity index is 1440. The Kier molecular flexibility index (Phi) is 10.6. The van der Waals surface area contributed by atoms with Gasteiger partial charge < -0.3 is 15.0 Å². The van der Waals surface area contributed by atoms with Crippen molar-refractivity contribution in [3.05, 3.63) is 90.0 Å². The average Bonchev–Trinajstić information content (AvgIpc) is 3.01. The Labute approximate surface area is 249 Å². The fraction of sp³-hybridized carbons (Fsp3) is 0.394. The van der Waals surface area contributed by atoms with Crippen LogP contribution in [0, 0.1) is 6.92 Å². The standard InChI is InChI=1S/C33H41N3O5S/c1-25-19-20-31(41-3)30(23-25)36(42(39,40)29-17-11-6-12-18-29)24-32(37)35(22-21-27-13-7-4-8-14-27)26(2)33(38)34-28-15-9-5-10-16-28/h4,6-8,11-14,17-20,23,26,28H,5,9-10,15-16,21-22,24H2,1-3H3,(H,34,38)/t26-/m0/s1. The molecule has 0 radical (unpaired) electrons. The van der Waals surface area contributed by atoms with Crippen LogP contribution in [0.25, 0.3) is 0 Å². The van der Waals surface area contributed by atoms with Crippen molar-refractivity contribution in [2.75, 3.05) is 24.5 Å². The van der Waals surface area contributed by atoms with Gasteiger partial charge in [-0.15, -0.1) is 0 Å². The SMILES string of the molecule is COc1ccc(C)cc1N(CC(=O)N(CCc1ccccc1)[C@@H](C)C(=O)NC1CCCCC1)S(=O)(=O)c1ccccc1. The average molecular weight is 592 g/mol. The van der Waals surface area contributed by atoms with Gasteiger partial charge in [0.2, 0.25) is 11.8 Å². The molecule has 0 aromatic heterocycles. The summed E-state index contributed by atoms with van der Waals surface area (Å²) in [6, 6.07) is 22.3. The van der Waals surface area contributed by atoms with Crippen LogP contribution in [0.3, 0.4) is 0 Å². The summed E-state index contributed by atoms with van der Waals surface area (Å²) in [6.45, 7) is 3.32. The fourth-order valence-electron chi connectivity index (χ4n) is 5.37. The topological polar surface area (TPSA) is 96.0 Å². The molecule has 1 fully saturated rings. The molecule has 2 amide bonds. The molecule has 9 heteroatoms. The number of ether oxygens (including phenoxy) is 1. The summed E-state index contributed by atoms with van der Waals surface area (Å²) in [4.78, 5) is 29.1. The number of aryl methyl sites for hydroxylation is 1. The number of carbonyl (C=O) groups is 2. The highest BCUT2D eigenvalue weighted by Gasteiger charge is 2.34. The van der Waals surface area contributed by atoms with Crippen LogP contribution in [-0.2, 0) is 26.0 Å². The number of hydrogen-bond acceptors (Lipinski definition) is 5. The third-order valence-corrected chi connectivity index (χ3v) is 9.59. The Morgan fingerprint density at radius 3 is 2.24 bits per heavy atom. The van der Waals surface area contributed by atoms with Crippen molar-refractivity contribution in [2.24, 2.45) is 0 Å². The lowest BCUT2D eigenvalue weighted by atomic mass is 9.95. The van der Waals surface area contributed by atoms with Gasteiger partial charge in [0.25, 0.3) is 10.0 Å². The van der Waals surface area contributed by atoms with Crippen molar-refractivity contribution in [3.63, 3.8) is 0 Å². The van der Waals surface area contributed by atoms with Crippen LogP contribution < -0.4 is 14.4 Å². The van der Waals surface area contributed by atoms with Gasteiger partial charge in [0.05, 0.1) is 17.7 Å². The van der Waals surface area contributed by atoms with Gasteiger partial charge in [-0.05, 0) is 68.5 Å². The molecule has 0 saturated heterocycles. The van der Waals surface area contributed by atoms with E-state index in [0.29, 0.717) is 12.2 Å². The quantitative estimate of drug-likeness (QED) is 0.316. The number of sulfonamides is 1. The van der Waals surface area contributed by atoms with Crippen LogP contribution in [0.15, 0.2) is 83.8 Å². The lowest BCUT2D eigenvalue weighted by molar-refractivity contribution is -0.139. The molecule has 1 aliphatic rings. The monoisotopic (exact) mass is 591 g/mol. The number of nitrogens with one attached hydrogen (secondary N) is 1. The fourth-order valence-corrected chi connectivity index (χ4v) is 6.80. The molecule has 0 aliphatic heterocycles. The molecule has 3 aromatic carbocycles. The minimum Gasteiger partial charge on any atom is -0.495 e. The van der Waals surface area contributed by atoms with Crippen LogP contribution in [-0.4, -0.2) is 57.4 Å². The van der Waals surface area contributed by atoms with E-state index in [9.17, 15) is 18.0 Å². The normalized spacial score (nSPS) is 14.5. The second kappa shape index (κ2) is 14.4. The lowest BCUT2D eigenvalue weighted by Crippen LogP contribution is -2.53. The van der Waals surface area contributed by atoms with Gasteiger partial charge >= 0.3 is 0 Å². The summed E-state index contributed by atoms with van der Waals surface area (Å²) in [5.74, 6) is -0.374. The van der Waals surface area contributed by atoms with Gasteiger partial charge in [0.15, 0.2) is 0 Å². The maximum absolute atomic E-state index is 14.1. The highest BCUT2D eigenvalue weighted by atomic mass is 32.2. The summed E-state index contributed by atoms with van der Waals surface area (Å²) >= 11 is 0. The Hall–Kier alpha value is -3.85. The van der Waals surface area contributed by atoms with Gasteiger partial charge in [0, 0.05) is 12.6 Å². The van der Waals surface area contributed by atoms with Gasteiger partial charge in [0.1, 0.15) is 18.3 Å². The van der Waals surface area contributed by atoms with Crippen LogP contribution in [0.1, 0.15) is 50.2 Å². The van der Waals surface area contributed by atoms with E-state index >= 15 is 0 Å². The van der Waals surface area contributed by atoms with E-state index in [-0.39, 0.29) is 29.1 Å². The molecule has 224 valence electrons. The first kappa shape index (κ1) is 31.1. The molecule has 0 bridgehead atoms. The highest BCUT2D eigenvalue weighted by Crippen LogP contribution is 2.33. The van der Waals surface area contributed by atoms with Crippen molar-refractivity contribution in [1.29, 1.82) is 0 Å². The van der Waals surface area contributed by atoms with E-state index in [2.05, 4.69) is 5.32 Å². The predicted octanol–water partition coefficient (Wildman–Crippen LogP) is 5.11. The molecule has 1 aliphatic carbocycles. The molecule has 8 nitrogen and oxygen atoms in total. The zero-order valence-corrected chi connectivity index (χ0v) is 25.5. The van der Waals surface area contributed by atoms with E-state index in [4.69, 9.17) is 4.74 Å². The van der Waals surface area contributed by atoms with E-state index in [1.807, 2.05) is 43.3 Å². The van der Waals surface area contributed by atoms with Crippen molar-refractivity contribution in [2.45, 2.75) is 69.4 Å². The van der Waals surface area contributed by atoms with Gasteiger partial charge in [-0.25, -0.2) is 8.42 Å². The summed E-state index contributed by atoms with van der Waals surface area (Å²) in [6.07, 6.45) is 5.67. The molecule has 42 heavy (non-hydrogen) atoms. The van der Waals surface area contributed by atoms with Crippen LogP contribution in [0.5, 0.6) is 5.75 Å². The van der Waals surface area contributed by atoms with Gasteiger partial charge in [-0.1, -0.05) is 73.9 Å². The Morgan fingerprint density at radius 2 is 1.60 bits per heavy atom. The van der Waals surface area contributed by atoms with Gasteiger partial charge in [-0.3, -0.25) is 13.9 Å². The van der Waals surface area contributed by atoms with Crippen molar-refractivity contribution in [3.8, 4) is 5.75 Å². The second-order valence-electron chi connectivity index (χ2n) is 10.8. The number of rotatable bonds is 12. The molecular formula is C33H41N3O5S. The third kappa shape index (κ3) is 7.70. The number of nitrogens with zero attached hydrogens (tertiary/aromatic N) is 2. The van der Waals surface area contributed by atoms with Crippen LogP contribution in [0.4, 0.5) is 5.69 Å². The molecule has 0 unspecified atom stereocenters. The molecule has 1 N–H and O–H groups in total. The molecule has 3 aromatic rings. The van der Waals surface area contributed by atoms with E-state index in [1.54, 1.807) is 37.3 Å². The van der Waals surface area contributed by atoms with Crippen molar-refractivity contribution >= 4 is 27.5 Å². The molecule has 4 rings (SSSR count). The first-order valence-corrected chi connectivity index (χ1v) is 16.0. The van der Waals surface area contributed by atoms with E-state index in [1.165, 1.54) is 24.1 Å². The van der Waals surface area contributed by atoms with Crippen LogP contribution >= 0.6 is 0 Å². The molecule has 0 spiro atoms. The summed E-state index contributed by atoms with van der Waals surface area (Å²) < 4.78 is 34.7. The first-order valence-electron chi connectivity index (χ1n) is 14.6. The third-order valence-electron chi connectivity index (χ3n) is 7.82. The maximum Gasteiger partial charge on any atom is 0.264 e. The number of carbonyl (C=O) groups excluding carboxylic acids is 2. The summed E-state index contributed by atoms with van der Waals surface area (Å²) in [5, 5.41) is 3.13. The smallest absolute Gasteiger partial charge is 0.264 e. The zero-order valence-electron chi connectivity index (χ0n) is 24.7. The lowest BCUT2D eigenvalue weighted by Gasteiger charge is -2.33. The van der Waals surface area contributed by atoms with Crippen LogP contribution in [0.2, 0.25) is 0 Å². The molecular weight excluding hydrogens is 550 g/mol. The van der Waals surface area contributed by atoms with Crippen molar-refractivity contribution < 1.29 is 22.7 Å². The summed E-state index contributed by atoms with van der Waals surface area (Å²) in [5.41, 5.74) is 2.09. The summed E-state index contributed by atoms with van der Waals surface area (Å²) in [7, 11) is -2.70. The molecule has 1 saturated carbocycles. The number of amides is 2. The number of benzene rings is 3. The molecule has 1 atom stereocenters. The van der Waals surface area contributed by atoms with E-state index < -0.39 is 28.5 Å². The maximum atomic E-state index is 14.1. The number of hydrogen-bond donors (Lipinski definition) is 1. The predicted molar refractivity (Wildman–Crippen MR) is 165 cm³/mol. The zero-order chi connectivity index (χ0) is 30.1.